The van der Waals surface area contributed by atoms with E-state index in [0.717, 1.165) is 38.3 Å². The minimum Gasteiger partial charge on any atom is -0.310 e. The van der Waals surface area contributed by atoms with Crippen molar-refractivity contribution in [3.05, 3.63) is 0 Å². The number of rotatable bonds is 4. The molecule has 106 valence electrons. The van der Waals surface area contributed by atoms with E-state index < -0.39 is 9.84 Å². The molecular weight excluding hydrogens is 248 g/mol. The fourth-order valence-electron chi connectivity index (χ4n) is 3.06. The number of hydrogen-bond acceptors (Lipinski definition) is 4. The summed E-state index contributed by atoms with van der Waals surface area (Å²) >= 11 is 0. The maximum absolute atomic E-state index is 11.4. The number of piperidine rings is 1. The summed E-state index contributed by atoms with van der Waals surface area (Å²) in [7, 11) is -2.75. The topological polar surface area (TPSA) is 49.4 Å². The van der Waals surface area contributed by atoms with Crippen molar-refractivity contribution in [3.8, 4) is 0 Å². The molecule has 2 saturated heterocycles. The minimum atomic E-state index is -2.75. The summed E-state index contributed by atoms with van der Waals surface area (Å²) in [6.45, 7) is 8.00. The fraction of sp³-hybridized carbons (Fsp3) is 1.00. The van der Waals surface area contributed by atoms with E-state index in [4.69, 9.17) is 0 Å². The van der Waals surface area contributed by atoms with E-state index >= 15 is 0 Å². The van der Waals surface area contributed by atoms with Crippen LogP contribution in [-0.4, -0.2) is 56.5 Å². The highest BCUT2D eigenvalue weighted by Crippen LogP contribution is 2.17. The van der Waals surface area contributed by atoms with Crippen LogP contribution in [0.3, 0.4) is 0 Å². The highest BCUT2D eigenvalue weighted by Gasteiger charge is 2.30. The number of hydrogen-bond donors (Lipinski definition) is 1. The molecule has 18 heavy (non-hydrogen) atoms. The lowest BCUT2D eigenvalue weighted by molar-refractivity contribution is 0.175. The lowest BCUT2D eigenvalue weighted by Gasteiger charge is -2.34. The van der Waals surface area contributed by atoms with Crippen molar-refractivity contribution in [3.63, 3.8) is 0 Å². The van der Waals surface area contributed by atoms with E-state index in [1.165, 1.54) is 6.54 Å². The Labute approximate surface area is 111 Å². The van der Waals surface area contributed by atoms with Gasteiger partial charge >= 0.3 is 0 Å². The van der Waals surface area contributed by atoms with E-state index in [0.29, 0.717) is 17.5 Å². The Morgan fingerprint density at radius 1 is 1.17 bits per heavy atom. The van der Waals surface area contributed by atoms with Gasteiger partial charge in [-0.3, -0.25) is 0 Å². The van der Waals surface area contributed by atoms with Crippen molar-refractivity contribution >= 4 is 9.84 Å². The zero-order valence-electron chi connectivity index (χ0n) is 11.6. The fourth-order valence-corrected chi connectivity index (χ4v) is 4.74. The standard InChI is InChI=1S/C13H26N2O2S/c1-11(2)9-15-6-3-12(4-7-15)14-13-5-8-18(16,17)10-13/h11-14H,3-10H2,1-2H3. The van der Waals surface area contributed by atoms with Crippen molar-refractivity contribution in [1.29, 1.82) is 0 Å². The van der Waals surface area contributed by atoms with E-state index in [9.17, 15) is 8.42 Å². The van der Waals surface area contributed by atoms with Gasteiger partial charge in [0.1, 0.15) is 0 Å². The zero-order valence-corrected chi connectivity index (χ0v) is 12.4. The van der Waals surface area contributed by atoms with Gasteiger partial charge in [0.25, 0.3) is 0 Å². The normalized spacial score (nSPS) is 30.1. The van der Waals surface area contributed by atoms with Gasteiger partial charge < -0.3 is 10.2 Å². The summed E-state index contributed by atoms with van der Waals surface area (Å²) in [5.41, 5.74) is 0. The van der Waals surface area contributed by atoms with E-state index in [1.54, 1.807) is 0 Å². The lowest BCUT2D eigenvalue weighted by Crippen LogP contribution is -2.47. The van der Waals surface area contributed by atoms with E-state index in [-0.39, 0.29) is 6.04 Å². The minimum absolute atomic E-state index is 0.205. The summed E-state index contributed by atoms with van der Waals surface area (Å²) < 4.78 is 22.8. The first-order valence-corrected chi connectivity index (χ1v) is 8.95. The monoisotopic (exact) mass is 274 g/mol. The lowest BCUT2D eigenvalue weighted by atomic mass is 10.0. The molecule has 0 aliphatic carbocycles. The third-order valence-corrected chi connectivity index (χ3v) is 5.68. The molecule has 0 bridgehead atoms. The molecule has 2 heterocycles. The van der Waals surface area contributed by atoms with Gasteiger partial charge in [-0.1, -0.05) is 13.8 Å². The quantitative estimate of drug-likeness (QED) is 0.827. The van der Waals surface area contributed by atoms with Gasteiger partial charge in [0.15, 0.2) is 9.84 Å². The molecule has 2 aliphatic heterocycles. The summed E-state index contributed by atoms with van der Waals surface area (Å²) in [6.07, 6.45) is 3.11. The molecule has 5 heteroatoms. The van der Waals surface area contributed by atoms with Crippen molar-refractivity contribution in [2.24, 2.45) is 5.92 Å². The predicted octanol–water partition coefficient (Wildman–Crippen LogP) is 0.884. The Balaban J connectivity index is 1.71. The van der Waals surface area contributed by atoms with Crippen LogP contribution in [0.4, 0.5) is 0 Å². The highest BCUT2D eigenvalue weighted by molar-refractivity contribution is 7.91. The molecule has 1 unspecified atom stereocenters. The van der Waals surface area contributed by atoms with Gasteiger partial charge in [-0.05, 0) is 38.3 Å². The van der Waals surface area contributed by atoms with Crippen LogP contribution >= 0.6 is 0 Å². The van der Waals surface area contributed by atoms with Gasteiger partial charge in [-0.25, -0.2) is 8.42 Å². The van der Waals surface area contributed by atoms with Crippen LogP contribution in [0.1, 0.15) is 33.1 Å². The van der Waals surface area contributed by atoms with Crippen LogP contribution in [0.5, 0.6) is 0 Å². The molecule has 2 fully saturated rings. The molecule has 0 amide bonds. The molecule has 1 atom stereocenters. The number of nitrogens with one attached hydrogen (secondary N) is 1. The summed E-state index contributed by atoms with van der Waals surface area (Å²) in [5, 5.41) is 3.54. The van der Waals surface area contributed by atoms with Crippen LogP contribution in [-0.2, 0) is 9.84 Å². The zero-order chi connectivity index (χ0) is 13.2. The Morgan fingerprint density at radius 2 is 1.83 bits per heavy atom. The van der Waals surface area contributed by atoms with Crippen molar-refractivity contribution < 1.29 is 8.42 Å². The largest absolute Gasteiger partial charge is 0.310 e. The highest BCUT2D eigenvalue weighted by atomic mass is 32.2. The average Bonchev–Trinajstić information content (AvgIpc) is 2.60. The molecule has 2 rings (SSSR count). The Bertz CT molecular complexity index is 359. The maximum atomic E-state index is 11.4. The van der Waals surface area contributed by atoms with E-state index in [1.807, 2.05) is 0 Å². The Morgan fingerprint density at radius 3 is 2.33 bits per heavy atom. The Kier molecular flexibility index (Phi) is 4.67. The third-order valence-electron chi connectivity index (χ3n) is 3.91. The van der Waals surface area contributed by atoms with Crippen LogP contribution in [0.25, 0.3) is 0 Å². The number of likely N-dealkylation sites (tertiary alicyclic amines) is 1. The smallest absolute Gasteiger partial charge is 0.151 e. The number of nitrogens with zero attached hydrogens (tertiary/aromatic N) is 1. The molecule has 0 radical (unpaired) electrons. The number of sulfone groups is 1. The maximum Gasteiger partial charge on any atom is 0.151 e. The molecule has 0 aromatic carbocycles. The molecular formula is C13H26N2O2S. The average molecular weight is 274 g/mol. The van der Waals surface area contributed by atoms with Gasteiger partial charge in [-0.15, -0.1) is 0 Å². The first-order chi connectivity index (χ1) is 8.44. The van der Waals surface area contributed by atoms with Crippen LogP contribution < -0.4 is 5.32 Å². The van der Waals surface area contributed by atoms with Gasteiger partial charge in [-0.2, -0.15) is 0 Å². The van der Waals surface area contributed by atoms with Crippen molar-refractivity contribution in [2.75, 3.05) is 31.1 Å². The van der Waals surface area contributed by atoms with Gasteiger partial charge in [0.05, 0.1) is 11.5 Å². The van der Waals surface area contributed by atoms with Gasteiger partial charge in [0, 0.05) is 18.6 Å². The first-order valence-electron chi connectivity index (χ1n) is 7.13. The predicted molar refractivity (Wildman–Crippen MR) is 74.5 cm³/mol. The Hall–Kier alpha value is -0.130. The van der Waals surface area contributed by atoms with Crippen LogP contribution in [0.15, 0.2) is 0 Å². The molecule has 0 spiro atoms. The van der Waals surface area contributed by atoms with Crippen molar-refractivity contribution in [1.82, 2.24) is 10.2 Å². The van der Waals surface area contributed by atoms with E-state index in [2.05, 4.69) is 24.1 Å². The first kappa shape index (κ1) is 14.3. The molecule has 0 aromatic heterocycles. The summed E-state index contributed by atoms with van der Waals surface area (Å²) in [5.74, 6) is 1.45. The third kappa shape index (κ3) is 4.21. The van der Waals surface area contributed by atoms with Crippen molar-refractivity contribution in [2.45, 2.75) is 45.2 Å². The molecule has 0 saturated carbocycles. The summed E-state index contributed by atoms with van der Waals surface area (Å²) in [6, 6.07) is 0.725. The van der Waals surface area contributed by atoms with Crippen LogP contribution in [0, 0.1) is 5.92 Å². The second-order valence-electron chi connectivity index (χ2n) is 6.24. The molecule has 1 N–H and O–H groups in total. The van der Waals surface area contributed by atoms with Gasteiger partial charge in [0.2, 0.25) is 0 Å². The summed E-state index contributed by atoms with van der Waals surface area (Å²) in [4.78, 5) is 2.52. The van der Waals surface area contributed by atoms with Crippen LogP contribution in [0.2, 0.25) is 0 Å². The SMILES string of the molecule is CC(C)CN1CCC(NC2CCS(=O)(=O)C2)CC1. The second-order valence-corrected chi connectivity index (χ2v) is 8.46. The second kappa shape index (κ2) is 5.88. The molecule has 2 aliphatic rings. The molecule has 0 aromatic rings. The molecule has 4 nitrogen and oxygen atoms in total.